The third kappa shape index (κ3) is 6.27. The lowest BCUT2D eigenvalue weighted by Gasteiger charge is -2.07. The summed E-state index contributed by atoms with van der Waals surface area (Å²) in [5, 5.41) is 2.57. The van der Waals surface area contributed by atoms with Crippen LogP contribution in [0.2, 0.25) is 0 Å². The predicted octanol–water partition coefficient (Wildman–Crippen LogP) is 3.04. The maximum absolute atomic E-state index is 11.8. The van der Waals surface area contributed by atoms with Crippen molar-refractivity contribution in [2.75, 3.05) is 18.5 Å². The van der Waals surface area contributed by atoms with Crippen LogP contribution in [0.4, 0.5) is 5.69 Å². The molecule has 1 aromatic carbocycles. The smallest absolute Gasteiger partial charge is 0.338 e. The van der Waals surface area contributed by atoms with E-state index in [2.05, 4.69) is 5.32 Å². The monoisotopic (exact) mass is 357 g/mol. The molecule has 1 amide bonds. The quantitative estimate of drug-likeness (QED) is 0.576. The van der Waals surface area contributed by atoms with E-state index < -0.39 is 24.5 Å². The normalized spacial score (nSPS) is 10.5. The molecular formula is C19H19NO6. The van der Waals surface area contributed by atoms with Crippen LogP contribution < -0.4 is 5.32 Å². The van der Waals surface area contributed by atoms with Gasteiger partial charge >= 0.3 is 11.9 Å². The standard InChI is InChI=1S/C19H19NO6/c1-2-11-25-19(23)14-5-7-15(8-6-14)20-17(21)13-26-18(22)10-9-16-4-3-12-24-16/h3-10,12H,2,11,13H2,1H3,(H,20,21)/b10-9+. The zero-order valence-electron chi connectivity index (χ0n) is 14.3. The van der Waals surface area contributed by atoms with Crippen LogP contribution in [0.25, 0.3) is 6.08 Å². The summed E-state index contributed by atoms with van der Waals surface area (Å²) in [5.74, 6) is -1.07. The number of furan rings is 1. The van der Waals surface area contributed by atoms with E-state index in [1.165, 1.54) is 18.4 Å². The molecule has 0 atom stereocenters. The van der Waals surface area contributed by atoms with Crippen molar-refractivity contribution in [3.05, 3.63) is 60.1 Å². The highest BCUT2D eigenvalue weighted by Gasteiger charge is 2.09. The minimum Gasteiger partial charge on any atom is -0.465 e. The largest absolute Gasteiger partial charge is 0.465 e. The molecule has 7 nitrogen and oxygen atoms in total. The van der Waals surface area contributed by atoms with Crippen LogP contribution in [-0.4, -0.2) is 31.1 Å². The zero-order valence-corrected chi connectivity index (χ0v) is 14.3. The summed E-state index contributed by atoms with van der Waals surface area (Å²) in [7, 11) is 0. The van der Waals surface area contributed by atoms with E-state index in [1.54, 1.807) is 36.4 Å². The SMILES string of the molecule is CCCOC(=O)c1ccc(NC(=O)COC(=O)/C=C/c2ccco2)cc1. The van der Waals surface area contributed by atoms with Crippen LogP contribution in [0, 0.1) is 0 Å². The molecule has 0 saturated heterocycles. The fourth-order valence-electron chi connectivity index (χ4n) is 1.89. The molecule has 0 unspecified atom stereocenters. The summed E-state index contributed by atoms with van der Waals surface area (Å²) in [4.78, 5) is 35.0. The fraction of sp³-hybridized carbons (Fsp3) is 0.211. The van der Waals surface area contributed by atoms with Gasteiger partial charge in [-0.1, -0.05) is 6.92 Å². The van der Waals surface area contributed by atoms with E-state index in [9.17, 15) is 14.4 Å². The molecule has 1 aromatic heterocycles. The molecule has 1 heterocycles. The van der Waals surface area contributed by atoms with E-state index in [1.807, 2.05) is 6.92 Å². The van der Waals surface area contributed by atoms with Gasteiger partial charge in [-0.15, -0.1) is 0 Å². The molecule has 0 saturated carbocycles. The van der Waals surface area contributed by atoms with Crippen LogP contribution in [0.15, 0.2) is 53.2 Å². The van der Waals surface area contributed by atoms with Gasteiger partial charge in [0.05, 0.1) is 18.4 Å². The number of anilines is 1. The lowest BCUT2D eigenvalue weighted by molar-refractivity contribution is -0.142. The maximum Gasteiger partial charge on any atom is 0.338 e. The first-order valence-corrected chi connectivity index (χ1v) is 8.04. The number of nitrogens with one attached hydrogen (secondary N) is 1. The molecule has 0 aliphatic heterocycles. The Balaban J connectivity index is 1.76. The minimum absolute atomic E-state index is 0.358. The maximum atomic E-state index is 11.8. The van der Waals surface area contributed by atoms with Crippen molar-refractivity contribution in [2.45, 2.75) is 13.3 Å². The number of amides is 1. The highest BCUT2D eigenvalue weighted by atomic mass is 16.5. The second-order valence-electron chi connectivity index (χ2n) is 5.22. The van der Waals surface area contributed by atoms with Gasteiger partial charge in [-0.25, -0.2) is 9.59 Å². The average Bonchev–Trinajstić information content (AvgIpc) is 3.17. The Hall–Kier alpha value is -3.35. The highest BCUT2D eigenvalue weighted by Crippen LogP contribution is 2.11. The zero-order chi connectivity index (χ0) is 18.8. The number of hydrogen-bond donors (Lipinski definition) is 1. The molecule has 0 aliphatic rings. The van der Waals surface area contributed by atoms with Crippen molar-refractivity contribution in [3.8, 4) is 0 Å². The van der Waals surface area contributed by atoms with E-state index >= 15 is 0 Å². The van der Waals surface area contributed by atoms with Crippen LogP contribution in [0.1, 0.15) is 29.5 Å². The Kier molecular flexibility index (Phi) is 7.17. The Morgan fingerprint density at radius 1 is 1.12 bits per heavy atom. The van der Waals surface area contributed by atoms with Gasteiger partial charge in [-0.2, -0.15) is 0 Å². The molecule has 0 fully saturated rings. The fourth-order valence-corrected chi connectivity index (χ4v) is 1.89. The van der Waals surface area contributed by atoms with Gasteiger partial charge in [0.25, 0.3) is 5.91 Å². The van der Waals surface area contributed by atoms with Crippen LogP contribution in [0.5, 0.6) is 0 Å². The summed E-state index contributed by atoms with van der Waals surface area (Å²) in [6.45, 7) is 1.84. The summed E-state index contributed by atoms with van der Waals surface area (Å²) in [5.41, 5.74) is 0.871. The van der Waals surface area contributed by atoms with Gasteiger partial charge < -0.3 is 19.2 Å². The van der Waals surface area contributed by atoms with Crippen molar-refractivity contribution in [2.24, 2.45) is 0 Å². The third-order valence-corrected chi connectivity index (χ3v) is 3.11. The van der Waals surface area contributed by atoms with Crippen LogP contribution in [0.3, 0.4) is 0 Å². The second kappa shape index (κ2) is 9.83. The lowest BCUT2D eigenvalue weighted by atomic mass is 10.2. The molecule has 136 valence electrons. The molecule has 1 N–H and O–H groups in total. The van der Waals surface area contributed by atoms with Crippen molar-refractivity contribution in [1.82, 2.24) is 0 Å². The number of rotatable bonds is 8. The van der Waals surface area contributed by atoms with E-state index in [0.29, 0.717) is 23.6 Å². The summed E-state index contributed by atoms with van der Waals surface area (Å²) in [6, 6.07) is 9.60. The molecule has 0 bridgehead atoms. The van der Waals surface area contributed by atoms with Crippen molar-refractivity contribution in [1.29, 1.82) is 0 Å². The summed E-state index contributed by atoms with van der Waals surface area (Å²) in [6.07, 6.45) is 4.84. The number of carbonyl (C=O) groups is 3. The Morgan fingerprint density at radius 2 is 1.88 bits per heavy atom. The lowest BCUT2D eigenvalue weighted by Crippen LogP contribution is -2.20. The number of benzene rings is 1. The second-order valence-corrected chi connectivity index (χ2v) is 5.22. The van der Waals surface area contributed by atoms with Crippen LogP contribution in [-0.2, 0) is 19.1 Å². The van der Waals surface area contributed by atoms with E-state index in [0.717, 1.165) is 6.42 Å². The molecular weight excluding hydrogens is 338 g/mol. The first kappa shape index (κ1) is 19.0. The van der Waals surface area contributed by atoms with Gasteiger partial charge in [0.15, 0.2) is 6.61 Å². The van der Waals surface area contributed by atoms with Gasteiger partial charge in [-0.3, -0.25) is 4.79 Å². The molecule has 26 heavy (non-hydrogen) atoms. The summed E-state index contributed by atoms with van der Waals surface area (Å²) >= 11 is 0. The third-order valence-electron chi connectivity index (χ3n) is 3.11. The summed E-state index contributed by atoms with van der Waals surface area (Å²) < 4.78 is 14.9. The molecule has 2 rings (SSSR count). The first-order chi connectivity index (χ1) is 12.6. The Bertz CT molecular complexity index is 762. The number of hydrogen-bond acceptors (Lipinski definition) is 6. The molecule has 0 aliphatic carbocycles. The highest BCUT2D eigenvalue weighted by molar-refractivity contribution is 5.95. The van der Waals surface area contributed by atoms with Gasteiger partial charge in [0, 0.05) is 11.8 Å². The van der Waals surface area contributed by atoms with Gasteiger partial charge in [-0.05, 0) is 48.9 Å². The van der Waals surface area contributed by atoms with Gasteiger partial charge in [0.2, 0.25) is 0 Å². The number of ether oxygens (including phenoxy) is 2. The molecule has 0 radical (unpaired) electrons. The molecule has 0 spiro atoms. The minimum atomic E-state index is -0.662. The average molecular weight is 357 g/mol. The molecule has 2 aromatic rings. The topological polar surface area (TPSA) is 94.8 Å². The van der Waals surface area contributed by atoms with Crippen molar-refractivity contribution in [3.63, 3.8) is 0 Å². The molecule has 7 heteroatoms. The van der Waals surface area contributed by atoms with Crippen molar-refractivity contribution < 1.29 is 28.3 Å². The predicted molar refractivity (Wildman–Crippen MR) is 94.3 cm³/mol. The Morgan fingerprint density at radius 3 is 2.54 bits per heavy atom. The Labute approximate surface area is 150 Å². The van der Waals surface area contributed by atoms with E-state index in [4.69, 9.17) is 13.9 Å². The number of esters is 2. The van der Waals surface area contributed by atoms with E-state index in [-0.39, 0.29) is 0 Å². The number of carbonyl (C=O) groups excluding carboxylic acids is 3. The first-order valence-electron chi connectivity index (χ1n) is 8.04. The van der Waals surface area contributed by atoms with Crippen LogP contribution >= 0.6 is 0 Å². The van der Waals surface area contributed by atoms with Crippen molar-refractivity contribution >= 4 is 29.6 Å². The van der Waals surface area contributed by atoms with Gasteiger partial charge in [0.1, 0.15) is 5.76 Å².